The number of amides is 1. The normalized spacial score (nSPS) is 17.1. The van der Waals surface area contributed by atoms with Gasteiger partial charge in [-0.3, -0.25) is 14.7 Å². The molecule has 0 radical (unpaired) electrons. The molecule has 0 bridgehead atoms. The van der Waals surface area contributed by atoms with E-state index < -0.39 is 18.1 Å². The topological polar surface area (TPSA) is 80.2 Å². The van der Waals surface area contributed by atoms with Crippen LogP contribution in [0.1, 0.15) is 24.2 Å². The number of guanidine groups is 1. The summed E-state index contributed by atoms with van der Waals surface area (Å²) in [5, 5.41) is 15.5. The van der Waals surface area contributed by atoms with Gasteiger partial charge >= 0.3 is 6.18 Å². The molecule has 1 heterocycles. The molecule has 3 N–H and O–H groups in total. The fourth-order valence-corrected chi connectivity index (χ4v) is 3.05. The van der Waals surface area contributed by atoms with E-state index in [4.69, 9.17) is 0 Å². The Morgan fingerprint density at radius 3 is 2.45 bits per heavy atom. The lowest BCUT2D eigenvalue weighted by Gasteiger charge is -2.39. The fourth-order valence-electron chi connectivity index (χ4n) is 3.05. The smallest absolute Gasteiger partial charge is 0.403 e. The van der Waals surface area contributed by atoms with E-state index in [-0.39, 0.29) is 17.9 Å². The van der Waals surface area contributed by atoms with E-state index in [1.165, 1.54) is 24.0 Å². The van der Waals surface area contributed by atoms with Gasteiger partial charge < -0.3 is 20.6 Å². The van der Waals surface area contributed by atoms with Crippen LogP contribution in [0.25, 0.3) is 0 Å². The standard InChI is InChI=1S/C19H28F3N5O2/c1-3-23-18(27-12-10-26(11-13-27)14(2)19(20,21)22)25-9-8-24-17(29)15-6-4-5-7-16(15)28/h4-7,14,28H,3,8-13H2,1-2H3,(H,23,25)(H,24,29). The second-order valence-corrected chi connectivity index (χ2v) is 6.75. The number of phenolic OH excluding ortho intramolecular Hbond substituents is 1. The minimum absolute atomic E-state index is 0.0900. The molecule has 1 saturated heterocycles. The number of nitrogens with one attached hydrogen (secondary N) is 2. The first-order valence-corrected chi connectivity index (χ1v) is 9.64. The summed E-state index contributed by atoms with van der Waals surface area (Å²) in [6, 6.07) is 4.80. The van der Waals surface area contributed by atoms with Crippen LogP contribution < -0.4 is 10.6 Å². The average Bonchev–Trinajstić information content (AvgIpc) is 2.69. The van der Waals surface area contributed by atoms with Gasteiger partial charge in [0, 0.05) is 39.3 Å². The lowest BCUT2D eigenvalue weighted by Crippen LogP contribution is -2.56. The summed E-state index contributed by atoms with van der Waals surface area (Å²) in [7, 11) is 0. The second-order valence-electron chi connectivity index (χ2n) is 6.75. The van der Waals surface area contributed by atoms with Crippen LogP contribution in [-0.4, -0.2) is 84.8 Å². The Morgan fingerprint density at radius 2 is 1.86 bits per heavy atom. The Kier molecular flexibility index (Phi) is 8.12. The molecule has 2 rings (SSSR count). The molecule has 0 aliphatic carbocycles. The van der Waals surface area contributed by atoms with Crippen molar-refractivity contribution in [2.75, 3.05) is 45.8 Å². The molecule has 1 aromatic rings. The SMILES string of the molecule is CCNC(=NCCNC(=O)c1ccccc1O)N1CCN(C(C)C(F)(F)F)CC1. The van der Waals surface area contributed by atoms with Crippen molar-refractivity contribution in [3.8, 4) is 5.75 Å². The zero-order valence-electron chi connectivity index (χ0n) is 16.7. The maximum absolute atomic E-state index is 12.9. The van der Waals surface area contributed by atoms with E-state index in [1.54, 1.807) is 12.1 Å². The van der Waals surface area contributed by atoms with Crippen LogP contribution in [0.2, 0.25) is 0 Å². The lowest BCUT2D eigenvalue weighted by molar-refractivity contribution is -0.181. The van der Waals surface area contributed by atoms with Crippen molar-refractivity contribution in [3.05, 3.63) is 29.8 Å². The van der Waals surface area contributed by atoms with Gasteiger partial charge in [0.2, 0.25) is 0 Å². The number of piperazine rings is 1. The van der Waals surface area contributed by atoms with Gasteiger partial charge in [0.25, 0.3) is 5.91 Å². The third kappa shape index (κ3) is 6.52. The van der Waals surface area contributed by atoms with E-state index in [2.05, 4.69) is 15.6 Å². The highest BCUT2D eigenvalue weighted by molar-refractivity contribution is 5.96. The number of nitrogens with zero attached hydrogens (tertiary/aromatic N) is 3. The third-order valence-electron chi connectivity index (χ3n) is 4.78. The van der Waals surface area contributed by atoms with Crippen molar-refractivity contribution >= 4 is 11.9 Å². The Hall–Kier alpha value is -2.49. The summed E-state index contributed by atoms with van der Waals surface area (Å²) < 4.78 is 38.7. The number of carbonyl (C=O) groups is 1. The first kappa shape index (κ1) is 22.8. The van der Waals surface area contributed by atoms with Crippen LogP contribution in [0.5, 0.6) is 5.75 Å². The molecule has 1 unspecified atom stereocenters. The quantitative estimate of drug-likeness (QED) is 0.374. The molecule has 1 aromatic carbocycles. The maximum atomic E-state index is 12.9. The van der Waals surface area contributed by atoms with Gasteiger partial charge in [-0.15, -0.1) is 0 Å². The third-order valence-corrected chi connectivity index (χ3v) is 4.78. The number of rotatable bonds is 6. The minimum atomic E-state index is -4.23. The largest absolute Gasteiger partial charge is 0.507 e. The molecule has 1 amide bonds. The van der Waals surface area contributed by atoms with Crippen LogP contribution in [0.4, 0.5) is 13.2 Å². The van der Waals surface area contributed by atoms with E-state index in [0.29, 0.717) is 45.2 Å². The molecule has 0 spiro atoms. The second kappa shape index (κ2) is 10.3. The Balaban J connectivity index is 1.85. The van der Waals surface area contributed by atoms with Crippen molar-refractivity contribution in [1.82, 2.24) is 20.4 Å². The van der Waals surface area contributed by atoms with Crippen LogP contribution in [0.15, 0.2) is 29.3 Å². The summed E-state index contributed by atoms with van der Waals surface area (Å²) >= 11 is 0. The van der Waals surface area contributed by atoms with Gasteiger partial charge in [0.05, 0.1) is 12.1 Å². The molecular formula is C19H28F3N5O2. The number of para-hydroxylation sites is 1. The maximum Gasteiger partial charge on any atom is 0.403 e. The van der Waals surface area contributed by atoms with Gasteiger partial charge in [-0.1, -0.05) is 12.1 Å². The number of benzene rings is 1. The first-order valence-electron chi connectivity index (χ1n) is 9.64. The minimum Gasteiger partial charge on any atom is -0.507 e. The van der Waals surface area contributed by atoms with E-state index in [9.17, 15) is 23.1 Å². The summed E-state index contributed by atoms with van der Waals surface area (Å²) in [6.07, 6.45) is -4.23. The van der Waals surface area contributed by atoms with E-state index in [1.807, 2.05) is 11.8 Å². The predicted octanol–water partition coefficient (Wildman–Crippen LogP) is 1.66. The molecule has 1 fully saturated rings. The van der Waals surface area contributed by atoms with Crippen LogP contribution in [0.3, 0.4) is 0 Å². The monoisotopic (exact) mass is 415 g/mol. The van der Waals surface area contributed by atoms with Gasteiger partial charge in [-0.2, -0.15) is 13.2 Å². The highest BCUT2D eigenvalue weighted by Gasteiger charge is 2.41. The van der Waals surface area contributed by atoms with Crippen LogP contribution in [-0.2, 0) is 0 Å². The van der Waals surface area contributed by atoms with Gasteiger partial charge in [-0.05, 0) is 26.0 Å². The van der Waals surface area contributed by atoms with Crippen LogP contribution in [0, 0.1) is 0 Å². The Bertz CT molecular complexity index is 703. The number of hydrogen-bond acceptors (Lipinski definition) is 4. The highest BCUT2D eigenvalue weighted by Crippen LogP contribution is 2.25. The molecule has 1 aliphatic rings. The Morgan fingerprint density at radius 1 is 1.21 bits per heavy atom. The average molecular weight is 415 g/mol. The summed E-state index contributed by atoms with van der Waals surface area (Å²) in [6.45, 7) is 5.78. The first-order chi connectivity index (χ1) is 13.7. The molecule has 1 atom stereocenters. The van der Waals surface area contributed by atoms with Gasteiger partial charge in [-0.25, -0.2) is 0 Å². The van der Waals surface area contributed by atoms with E-state index in [0.717, 1.165) is 0 Å². The number of hydrogen-bond donors (Lipinski definition) is 3. The number of phenols is 1. The van der Waals surface area contributed by atoms with Crippen LogP contribution >= 0.6 is 0 Å². The molecule has 10 heteroatoms. The van der Waals surface area contributed by atoms with Gasteiger partial charge in [0.1, 0.15) is 11.8 Å². The molecule has 0 aromatic heterocycles. The summed E-state index contributed by atoms with van der Waals surface area (Å²) in [5.74, 6) is 0.134. The zero-order valence-corrected chi connectivity index (χ0v) is 16.7. The molecule has 0 saturated carbocycles. The number of aliphatic imine (C=N–C) groups is 1. The number of halogens is 3. The van der Waals surface area contributed by atoms with Crippen molar-refractivity contribution in [2.45, 2.75) is 26.1 Å². The highest BCUT2D eigenvalue weighted by atomic mass is 19.4. The van der Waals surface area contributed by atoms with Gasteiger partial charge in [0.15, 0.2) is 5.96 Å². The van der Waals surface area contributed by atoms with Crippen molar-refractivity contribution < 1.29 is 23.1 Å². The Labute approximate surface area is 168 Å². The molecular weight excluding hydrogens is 387 g/mol. The van der Waals surface area contributed by atoms with Crippen molar-refractivity contribution in [3.63, 3.8) is 0 Å². The summed E-state index contributed by atoms with van der Waals surface area (Å²) in [4.78, 5) is 19.9. The summed E-state index contributed by atoms with van der Waals surface area (Å²) in [5.41, 5.74) is 0.193. The van der Waals surface area contributed by atoms with Crippen molar-refractivity contribution in [1.29, 1.82) is 0 Å². The predicted molar refractivity (Wildman–Crippen MR) is 105 cm³/mol. The number of alkyl halides is 3. The molecule has 1 aliphatic heterocycles. The molecule has 162 valence electrons. The zero-order chi connectivity index (χ0) is 21.4. The van der Waals surface area contributed by atoms with Crippen molar-refractivity contribution in [2.24, 2.45) is 4.99 Å². The number of carbonyl (C=O) groups excluding carboxylic acids is 1. The fraction of sp³-hybridized carbons (Fsp3) is 0.579. The number of aromatic hydroxyl groups is 1. The lowest BCUT2D eigenvalue weighted by atomic mass is 10.2. The molecule has 29 heavy (non-hydrogen) atoms. The van der Waals surface area contributed by atoms with E-state index >= 15 is 0 Å². The molecule has 7 nitrogen and oxygen atoms in total.